The number of ether oxygens (including phenoxy) is 2. The number of fused-ring (bicyclic) bond motifs is 3. The van der Waals surface area contributed by atoms with Gasteiger partial charge in [0.15, 0.2) is 0 Å². The average molecular weight is 762 g/mol. The summed E-state index contributed by atoms with van der Waals surface area (Å²) in [5.41, 5.74) is 5.15. The summed E-state index contributed by atoms with van der Waals surface area (Å²) in [6, 6.07) is 13.8. The van der Waals surface area contributed by atoms with E-state index in [1.165, 1.54) is 12.1 Å². The van der Waals surface area contributed by atoms with E-state index in [1.54, 1.807) is 30.5 Å². The molecule has 3 aliphatic rings. The number of amides is 5. The van der Waals surface area contributed by atoms with Crippen LogP contribution in [-0.4, -0.2) is 112 Å². The van der Waals surface area contributed by atoms with Gasteiger partial charge in [-0.15, -0.1) is 0 Å². The summed E-state index contributed by atoms with van der Waals surface area (Å²) in [4.78, 5) is 75.0. The van der Waals surface area contributed by atoms with Crippen LogP contribution in [0.3, 0.4) is 0 Å². The molecule has 2 fully saturated rings. The summed E-state index contributed by atoms with van der Waals surface area (Å²) in [5, 5.41) is 14.9. The average Bonchev–Trinajstić information content (AvgIpc) is 3.95. The van der Waals surface area contributed by atoms with E-state index < -0.39 is 29.7 Å². The van der Waals surface area contributed by atoms with Crippen molar-refractivity contribution in [3.8, 4) is 0 Å². The lowest BCUT2D eigenvalue weighted by atomic mass is 10.0. The van der Waals surface area contributed by atoms with Gasteiger partial charge in [-0.3, -0.25) is 43.8 Å². The van der Waals surface area contributed by atoms with E-state index in [0.717, 1.165) is 45.4 Å². The Labute approximate surface area is 321 Å². The molecular weight excluding hydrogens is 718 g/mol. The summed E-state index contributed by atoms with van der Waals surface area (Å²) in [7, 11) is 2.14. The molecule has 4 N–H and O–H groups in total. The minimum absolute atomic E-state index is 0.0578. The lowest BCUT2D eigenvalue weighted by Gasteiger charge is -2.27. The zero-order valence-electron chi connectivity index (χ0n) is 31.2. The largest absolute Gasteiger partial charge is 0.382 e. The molecule has 3 aromatic heterocycles. The number of benzene rings is 2. The van der Waals surface area contributed by atoms with Crippen LogP contribution in [0.2, 0.25) is 0 Å². The van der Waals surface area contributed by atoms with Crippen molar-refractivity contribution >= 4 is 62.8 Å². The van der Waals surface area contributed by atoms with Crippen molar-refractivity contribution in [3.63, 3.8) is 0 Å². The minimum Gasteiger partial charge on any atom is -0.382 e. The molecule has 0 spiro atoms. The molecule has 2 atom stereocenters. The molecule has 0 saturated carbocycles. The van der Waals surface area contributed by atoms with E-state index in [9.17, 15) is 24.0 Å². The second-order valence-electron chi connectivity index (χ2n) is 14.3. The molecule has 16 heteroatoms. The van der Waals surface area contributed by atoms with Crippen molar-refractivity contribution in [1.82, 2.24) is 34.9 Å². The molecule has 1 unspecified atom stereocenters. The molecule has 0 bridgehead atoms. The van der Waals surface area contributed by atoms with Crippen molar-refractivity contribution in [2.24, 2.45) is 0 Å². The number of aryl methyl sites for hydroxylation is 1. The molecule has 3 aliphatic heterocycles. The quantitative estimate of drug-likeness (QED) is 0.0951. The summed E-state index contributed by atoms with van der Waals surface area (Å²) < 4.78 is 13.4. The summed E-state index contributed by atoms with van der Waals surface area (Å²) in [5.74, 6) is -1.98. The number of carbonyl (C=O) groups is 5. The van der Waals surface area contributed by atoms with Crippen LogP contribution in [0.5, 0.6) is 0 Å². The highest BCUT2D eigenvalue weighted by molar-refractivity contribution is 6.25. The van der Waals surface area contributed by atoms with Gasteiger partial charge < -0.3 is 25.1 Å². The molecule has 8 rings (SSSR count). The molecule has 6 heterocycles. The van der Waals surface area contributed by atoms with Gasteiger partial charge in [-0.05, 0) is 70.1 Å². The second kappa shape index (κ2) is 15.6. The number of anilines is 2. The number of pyridine rings is 1. The Morgan fingerprint density at radius 2 is 1.80 bits per heavy atom. The highest BCUT2D eigenvalue weighted by Gasteiger charge is 2.45. The smallest absolute Gasteiger partial charge is 0.264 e. The van der Waals surface area contributed by atoms with Crippen LogP contribution in [0, 0.1) is 6.92 Å². The van der Waals surface area contributed by atoms with Crippen LogP contribution in [-0.2, 0) is 25.6 Å². The molecule has 56 heavy (non-hydrogen) atoms. The van der Waals surface area contributed by atoms with Crippen LogP contribution in [0.25, 0.3) is 21.8 Å². The number of nitrogens with one attached hydrogen (secondary N) is 4. The Balaban J connectivity index is 0.793. The lowest BCUT2D eigenvalue weighted by molar-refractivity contribution is -0.136. The fourth-order valence-electron chi connectivity index (χ4n) is 7.83. The predicted molar refractivity (Wildman–Crippen MR) is 206 cm³/mol. The van der Waals surface area contributed by atoms with Crippen molar-refractivity contribution in [2.75, 3.05) is 57.2 Å². The van der Waals surface area contributed by atoms with Gasteiger partial charge in [0.25, 0.3) is 17.7 Å². The maximum Gasteiger partial charge on any atom is 0.264 e. The van der Waals surface area contributed by atoms with E-state index >= 15 is 0 Å². The summed E-state index contributed by atoms with van der Waals surface area (Å²) >= 11 is 0. The van der Waals surface area contributed by atoms with E-state index in [4.69, 9.17) is 9.47 Å². The maximum atomic E-state index is 13.3. The number of aromatic nitrogens is 4. The van der Waals surface area contributed by atoms with E-state index in [-0.39, 0.29) is 29.9 Å². The van der Waals surface area contributed by atoms with Crippen LogP contribution in [0.4, 0.5) is 11.5 Å². The number of likely N-dealkylation sites (tertiary alicyclic amines) is 1. The summed E-state index contributed by atoms with van der Waals surface area (Å²) in [6.45, 7) is 5.22. The normalized spacial score (nSPS) is 18.6. The lowest BCUT2D eigenvalue weighted by Crippen LogP contribution is -2.54. The van der Waals surface area contributed by atoms with Crippen LogP contribution in [0.15, 0.2) is 54.7 Å². The SMILES string of the molecule is Cc1nn(CCOCCOCCNc2cccc3c2C(=O)N(C2CCC(=O)NC2=O)C3=O)c2cc(C(=O)Nc3cc4[nH]c([C@H]5CCCN5C)cc4cn3)ccc12. The van der Waals surface area contributed by atoms with Crippen molar-refractivity contribution < 1.29 is 33.4 Å². The second-order valence-corrected chi connectivity index (χ2v) is 14.3. The van der Waals surface area contributed by atoms with Crippen LogP contribution in [0.1, 0.15) is 74.2 Å². The fourth-order valence-corrected chi connectivity index (χ4v) is 7.83. The van der Waals surface area contributed by atoms with E-state index in [2.05, 4.69) is 49.0 Å². The number of hydrogen-bond acceptors (Lipinski definition) is 11. The van der Waals surface area contributed by atoms with Crippen molar-refractivity contribution in [2.45, 2.75) is 51.2 Å². The third kappa shape index (κ3) is 7.25. The number of piperidine rings is 1. The zero-order valence-corrected chi connectivity index (χ0v) is 31.2. The first-order chi connectivity index (χ1) is 27.2. The van der Waals surface area contributed by atoms with Crippen molar-refractivity contribution in [3.05, 3.63) is 82.8 Å². The third-order valence-electron chi connectivity index (χ3n) is 10.7. The Morgan fingerprint density at radius 1 is 0.964 bits per heavy atom. The van der Waals surface area contributed by atoms with Gasteiger partial charge in [0.05, 0.1) is 60.8 Å². The first kappa shape index (κ1) is 37.0. The highest BCUT2D eigenvalue weighted by Crippen LogP contribution is 2.33. The number of rotatable bonds is 14. The summed E-state index contributed by atoms with van der Waals surface area (Å²) in [6.07, 6.45) is 4.23. The highest BCUT2D eigenvalue weighted by atomic mass is 16.5. The number of hydrogen-bond donors (Lipinski definition) is 4. The van der Waals surface area contributed by atoms with Gasteiger partial charge >= 0.3 is 0 Å². The fraction of sp³-hybridized carbons (Fsp3) is 0.375. The molecule has 2 saturated heterocycles. The Hall–Kier alpha value is -5.97. The Morgan fingerprint density at radius 3 is 2.61 bits per heavy atom. The molecule has 0 radical (unpaired) electrons. The van der Waals surface area contributed by atoms with Crippen LogP contribution < -0.4 is 16.0 Å². The number of carbonyl (C=O) groups excluding carboxylic acids is 5. The first-order valence-corrected chi connectivity index (χ1v) is 18.9. The van der Waals surface area contributed by atoms with Gasteiger partial charge in [0.2, 0.25) is 11.8 Å². The van der Waals surface area contributed by atoms with Gasteiger partial charge in [-0.2, -0.15) is 5.10 Å². The number of H-pyrrole nitrogens is 1. The van der Waals surface area contributed by atoms with Gasteiger partial charge in [-0.1, -0.05) is 12.1 Å². The molecule has 5 aromatic rings. The Bertz CT molecular complexity index is 2370. The van der Waals surface area contributed by atoms with Crippen LogP contribution >= 0.6 is 0 Å². The first-order valence-electron chi connectivity index (χ1n) is 18.9. The predicted octanol–water partition coefficient (Wildman–Crippen LogP) is 3.79. The molecular formula is C40H43N9O7. The van der Waals surface area contributed by atoms with Crippen molar-refractivity contribution in [1.29, 1.82) is 0 Å². The van der Waals surface area contributed by atoms with E-state index in [0.29, 0.717) is 62.6 Å². The minimum atomic E-state index is -1.02. The van der Waals surface area contributed by atoms with E-state index in [1.807, 2.05) is 29.8 Å². The monoisotopic (exact) mass is 761 g/mol. The zero-order chi connectivity index (χ0) is 38.9. The maximum absolute atomic E-state index is 13.3. The van der Waals surface area contributed by atoms with Gasteiger partial charge in [0, 0.05) is 59.0 Å². The molecule has 290 valence electrons. The standard InChI is InChI=1S/C40H43N9O7/c1-23-26-9-8-24(37(51)44-34-21-29-25(22-42-34)19-30(43-29)31-7-4-13-47(31)2)20-33(26)48(46-23)14-16-56-18-17-55-15-12-41-28-6-3-5-27-36(28)40(54)49(39(27)53)32-10-11-35(50)45-38(32)52/h3,5-6,8-9,19-22,31-32,41,43H,4,7,10-18H2,1-2H3,(H,42,44,51)(H,45,50,52)/t31-,32?/m1/s1. The number of aromatic amines is 1. The molecule has 5 amide bonds. The molecule has 0 aliphatic carbocycles. The topological polar surface area (TPSA) is 193 Å². The van der Waals surface area contributed by atoms with Gasteiger partial charge in [-0.25, -0.2) is 4.98 Å². The number of imide groups is 2. The third-order valence-corrected chi connectivity index (χ3v) is 10.7. The number of nitrogens with zero attached hydrogens (tertiary/aromatic N) is 5. The Kier molecular flexibility index (Phi) is 10.3. The molecule has 16 nitrogen and oxygen atoms in total. The molecule has 2 aromatic carbocycles. The van der Waals surface area contributed by atoms with Gasteiger partial charge in [0.1, 0.15) is 11.9 Å².